The van der Waals surface area contributed by atoms with Crippen LogP contribution in [0.2, 0.25) is 0 Å². The van der Waals surface area contributed by atoms with Crippen molar-refractivity contribution in [1.29, 1.82) is 0 Å². The maximum absolute atomic E-state index is 14.3. The van der Waals surface area contributed by atoms with Crippen LogP contribution in [-0.4, -0.2) is 44.5 Å². The number of carbonyl (C=O) groups is 1. The highest BCUT2D eigenvalue weighted by atomic mass is 16.2. The number of nitrogens with zero attached hydrogens (tertiary/aromatic N) is 3. The van der Waals surface area contributed by atoms with Gasteiger partial charge in [0.25, 0.3) is 5.91 Å². The smallest absolute Gasteiger partial charge is 0.326 e. The fourth-order valence-electron chi connectivity index (χ4n) is 7.53. The van der Waals surface area contributed by atoms with Crippen molar-refractivity contribution in [3.05, 3.63) is 100 Å². The van der Waals surface area contributed by atoms with Crippen LogP contribution in [0.15, 0.2) is 83.7 Å². The first kappa shape index (κ1) is 28.5. The molecule has 0 radical (unpaired) electrons. The van der Waals surface area contributed by atoms with Gasteiger partial charge in [-0.1, -0.05) is 79.9 Å². The average molecular weight is 588 g/mol. The number of hydrogen-bond donors (Lipinski definition) is 2. The lowest BCUT2D eigenvalue weighted by atomic mass is 9.84. The first-order chi connectivity index (χ1) is 21.6. The predicted molar refractivity (Wildman–Crippen MR) is 177 cm³/mol. The third kappa shape index (κ3) is 5.57. The molecule has 226 valence electrons. The number of para-hydroxylation sites is 3. The monoisotopic (exact) mass is 587 g/mol. The minimum Gasteiger partial charge on any atom is -0.349 e. The molecular formula is C37H41N5O2. The van der Waals surface area contributed by atoms with Crippen molar-refractivity contribution in [3.63, 3.8) is 0 Å². The minimum absolute atomic E-state index is 0.00548. The lowest BCUT2D eigenvalue weighted by Gasteiger charge is -2.33. The van der Waals surface area contributed by atoms with Gasteiger partial charge in [-0.25, -0.2) is 9.78 Å². The molecule has 1 aliphatic heterocycles. The van der Waals surface area contributed by atoms with Gasteiger partial charge >= 0.3 is 5.69 Å². The Kier molecular flexibility index (Phi) is 8.05. The fourth-order valence-corrected chi connectivity index (χ4v) is 7.53. The Morgan fingerprint density at radius 2 is 1.61 bits per heavy atom. The van der Waals surface area contributed by atoms with Gasteiger partial charge in [-0.3, -0.25) is 14.3 Å². The standard InChI is InChI=1S/C37H41N5O2/c1-25(26-12-4-2-5-13-26)38-36(43)34-29-16-8-9-17-31(29)39-35(27-14-6-3-7-15-27)30(34)24-41-22-20-28(21-23-41)42-33-19-11-10-18-32(33)40-37(42)44/h3,6-11,14-19,25-26,28H,2,4-5,12-13,20-24H2,1H3,(H,38,43)(H,40,44)/t25-/m0/s1. The molecule has 2 N–H and O–H groups in total. The Morgan fingerprint density at radius 1 is 0.909 bits per heavy atom. The van der Waals surface area contributed by atoms with Crippen molar-refractivity contribution >= 4 is 27.8 Å². The van der Waals surface area contributed by atoms with E-state index in [2.05, 4.69) is 34.3 Å². The van der Waals surface area contributed by atoms with E-state index in [4.69, 9.17) is 4.98 Å². The summed E-state index contributed by atoms with van der Waals surface area (Å²) in [6.07, 6.45) is 7.86. The third-order valence-electron chi connectivity index (χ3n) is 9.91. The van der Waals surface area contributed by atoms with Crippen molar-refractivity contribution in [3.8, 4) is 11.3 Å². The molecule has 3 aromatic carbocycles. The number of likely N-dealkylation sites (tertiary alicyclic amines) is 1. The molecule has 1 atom stereocenters. The van der Waals surface area contributed by atoms with Gasteiger partial charge < -0.3 is 10.3 Å². The molecule has 2 aliphatic rings. The summed E-state index contributed by atoms with van der Waals surface area (Å²) in [4.78, 5) is 37.8. The number of fused-ring (bicyclic) bond motifs is 2. The van der Waals surface area contributed by atoms with Crippen LogP contribution >= 0.6 is 0 Å². The lowest BCUT2D eigenvalue weighted by Crippen LogP contribution is -2.40. The van der Waals surface area contributed by atoms with Crippen LogP contribution < -0.4 is 11.0 Å². The van der Waals surface area contributed by atoms with E-state index in [0.29, 0.717) is 12.5 Å². The highest BCUT2D eigenvalue weighted by Crippen LogP contribution is 2.34. The number of rotatable bonds is 7. The van der Waals surface area contributed by atoms with Crippen LogP contribution in [0.1, 0.15) is 73.8 Å². The molecular weight excluding hydrogens is 546 g/mol. The zero-order valence-corrected chi connectivity index (χ0v) is 25.5. The van der Waals surface area contributed by atoms with E-state index in [1.807, 2.05) is 71.3 Å². The fraction of sp³-hybridized carbons (Fsp3) is 0.378. The quantitative estimate of drug-likeness (QED) is 0.213. The molecule has 1 aliphatic carbocycles. The van der Waals surface area contributed by atoms with Crippen molar-refractivity contribution in [2.75, 3.05) is 13.1 Å². The number of piperidine rings is 1. The molecule has 7 heteroatoms. The number of benzene rings is 3. The molecule has 7 nitrogen and oxygen atoms in total. The SMILES string of the molecule is C[C@H](NC(=O)c1c(CN2CCC(n3c(=O)[nH]c4ccccc43)CC2)c(-c2ccccc2)nc2ccccc12)C1CCCCC1. The largest absolute Gasteiger partial charge is 0.349 e. The number of aromatic nitrogens is 3. The molecule has 7 rings (SSSR count). The summed E-state index contributed by atoms with van der Waals surface area (Å²) >= 11 is 0. The second kappa shape index (κ2) is 12.4. The molecule has 2 aromatic heterocycles. The number of imidazole rings is 1. The molecule has 5 aromatic rings. The zero-order chi connectivity index (χ0) is 30.0. The lowest BCUT2D eigenvalue weighted by molar-refractivity contribution is 0.0918. The van der Waals surface area contributed by atoms with Gasteiger partial charge in [0.05, 0.1) is 27.8 Å². The summed E-state index contributed by atoms with van der Waals surface area (Å²) in [5.74, 6) is 0.513. The molecule has 0 bridgehead atoms. The number of hydrogen-bond acceptors (Lipinski definition) is 4. The molecule has 1 saturated carbocycles. The molecule has 3 heterocycles. The van der Waals surface area contributed by atoms with Crippen LogP contribution in [-0.2, 0) is 6.54 Å². The Hall–Kier alpha value is -4.23. The first-order valence-corrected chi connectivity index (χ1v) is 16.3. The van der Waals surface area contributed by atoms with Crippen LogP contribution in [0.5, 0.6) is 0 Å². The second-order valence-electron chi connectivity index (χ2n) is 12.7. The van der Waals surface area contributed by atoms with Gasteiger partial charge in [0.15, 0.2) is 0 Å². The van der Waals surface area contributed by atoms with Gasteiger partial charge in [-0.2, -0.15) is 0 Å². The van der Waals surface area contributed by atoms with E-state index >= 15 is 0 Å². The summed E-state index contributed by atoms with van der Waals surface area (Å²) in [5, 5.41) is 4.34. The van der Waals surface area contributed by atoms with Crippen LogP contribution in [0.3, 0.4) is 0 Å². The van der Waals surface area contributed by atoms with Gasteiger partial charge in [0.1, 0.15) is 0 Å². The number of nitrogens with one attached hydrogen (secondary N) is 2. The number of aromatic amines is 1. The van der Waals surface area contributed by atoms with E-state index in [0.717, 1.165) is 70.3 Å². The molecule has 0 spiro atoms. The topological polar surface area (TPSA) is 83.0 Å². The maximum atomic E-state index is 14.3. The van der Waals surface area contributed by atoms with Crippen molar-refractivity contribution in [2.45, 2.75) is 70.5 Å². The van der Waals surface area contributed by atoms with Crippen LogP contribution in [0.4, 0.5) is 0 Å². The summed E-state index contributed by atoms with van der Waals surface area (Å²) in [6.45, 7) is 4.46. The maximum Gasteiger partial charge on any atom is 0.326 e. The summed E-state index contributed by atoms with van der Waals surface area (Å²) in [7, 11) is 0. The summed E-state index contributed by atoms with van der Waals surface area (Å²) in [6, 6.07) is 26.5. The van der Waals surface area contributed by atoms with E-state index in [-0.39, 0.29) is 23.7 Å². The highest BCUT2D eigenvalue weighted by molar-refractivity contribution is 6.09. The molecule has 2 fully saturated rings. The number of amides is 1. The van der Waals surface area contributed by atoms with E-state index in [9.17, 15) is 9.59 Å². The average Bonchev–Trinajstić information content (AvgIpc) is 3.41. The zero-order valence-electron chi connectivity index (χ0n) is 25.5. The second-order valence-corrected chi connectivity index (χ2v) is 12.7. The van der Waals surface area contributed by atoms with Gasteiger partial charge in [-0.05, 0) is 56.7 Å². The molecule has 44 heavy (non-hydrogen) atoms. The Balaban J connectivity index is 1.23. The third-order valence-corrected chi connectivity index (χ3v) is 9.91. The minimum atomic E-state index is -0.0409. The first-order valence-electron chi connectivity index (χ1n) is 16.3. The molecule has 1 saturated heterocycles. The number of H-pyrrole nitrogens is 1. The van der Waals surface area contributed by atoms with E-state index in [1.54, 1.807) is 0 Å². The highest BCUT2D eigenvalue weighted by Gasteiger charge is 2.29. The summed E-state index contributed by atoms with van der Waals surface area (Å²) in [5.41, 5.74) is 6.25. The van der Waals surface area contributed by atoms with Crippen molar-refractivity contribution < 1.29 is 4.79 Å². The molecule has 1 amide bonds. The molecule has 0 unspecified atom stereocenters. The van der Waals surface area contributed by atoms with Gasteiger partial charge in [-0.15, -0.1) is 0 Å². The van der Waals surface area contributed by atoms with Gasteiger partial charge in [0.2, 0.25) is 0 Å². The van der Waals surface area contributed by atoms with Crippen LogP contribution in [0, 0.1) is 5.92 Å². The Morgan fingerprint density at radius 3 is 2.41 bits per heavy atom. The Bertz CT molecular complexity index is 1830. The van der Waals surface area contributed by atoms with Gasteiger partial charge in [0, 0.05) is 48.2 Å². The Labute approximate surface area is 258 Å². The normalized spacial score (nSPS) is 17.7. The van der Waals surface area contributed by atoms with E-state index < -0.39 is 0 Å². The summed E-state index contributed by atoms with van der Waals surface area (Å²) < 4.78 is 1.94. The van der Waals surface area contributed by atoms with Crippen molar-refractivity contribution in [1.82, 2.24) is 24.8 Å². The number of pyridine rings is 1. The predicted octanol–water partition coefficient (Wildman–Crippen LogP) is 7.08. The van der Waals surface area contributed by atoms with Crippen LogP contribution in [0.25, 0.3) is 33.2 Å². The number of carbonyl (C=O) groups excluding carboxylic acids is 1. The van der Waals surface area contributed by atoms with E-state index in [1.165, 1.54) is 32.1 Å². The van der Waals surface area contributed by atoms with Crippen molar-refractivity contribution in [2.24, 2.45) is 5.92 Å².